The van der Waals surface area contributed by atoms with E-state index in [4.69, 9.17) is 4.74 Å². The molecule has 0 aromatic carbocycles. The van der Waals surface area contributed by atoms with E-state index in [1.165, 1.54) is 38.5 Å². The van der Waals surface area contributed by atoms with Gasteiger partial charge in [0.2, 0.25) is 0 Å². The monoisotopic (exact) mass is 263 g/mol. The summed E-state index contributed by atoms with van der Waals surface area (Å²) in [7, 11) is 0. The zero-order valence-electron chi connectivity index (χ0n) is 11.8. The maximum atomic E-state index is 12.0. The number of amides is 1. The Hall–Kier alpha value is -0.730. The molecule has 0 aromatic rings. The smallest absolute Gasteiger partial charge is 0.409 e. The zero-order valence-corrected chi connectivity index (χ0v) is 11.8. The molecule has 0 radical (unpaired) electrons. The third-order valence-corrected chi connectivity index (χ3v) is 6.03. The molecule has 5 rings (SSSR count). The highest BCUT2D eigenvalue weighted by molar-refractivity contribution is 5.67. The second kappa shape index (κ2) is 4.39. The summed E-state index contributed by atoms with van der Waals surface area (Å²) in [5, 5.41) is 0. The lowest BCUT2D eigenvalue weighted by Crippen LogP contribution is -2.49. The molecule has 19 heavy (non-hydrogen) atoms. The van der Waals surface area contributed by atoms with Gasteiger partial charge in [-0.25, -0.2) is 4.79 Å². The first-order valence-corrected chi connectivity index (χ1v) is 8.14. The summed E-state index contributed by atoms with van der Waals surface area (Å²) in [4.78, 5) is 13.9. The van der Waals surface area contributed by atoms with Crippen molar-refractivity contribution in [2.75, 3.05) is 19.7 Å². The van der Waals surface area contributed by atoms with Crippen molar-refractivity contribution >= 4 is 6.09 Å². The lowest BCUT2D eigenvalue weighted by Gasteiger charge is -2.56. The number of ether oxygens (including phenoxy) is 1. The van der Waals surface area contributed by atoms with E-state index in [0.29, 0.717) is 12.0 Å². The van der Waals surface area contributed by atoms with E-state index in [2.05, 4.69) is 0 Å². The van der Waals surface area contributed by atoms with Crippen LogP contribution in [0.15, 0.2) is 0 Å². The van der Waals surface area contributed by atoms with Crippen molar-refractivity contribution in [3.63, 3.8) is 0 Å². The van der Waals surface area contributed by atoms with E-state index in [-0.39, 0.29) is 6.09 Å². The summed E-state index contributed by atoms with van der Waals surface area (Å²) in [6.45, 7) is 2.51. The van der Waals surface area contributed by atoms with Gasteiger partial charge >= 0.3 is 6.09 Å². The second-order valence-electron chi connectivity index (χ2n) is 7.67. The Kier molecular flexibility index (Phi) is 2.78. The molecule has 0 aromatic heterocycles. The van der Waals surface area contributed by atoms with Gasteiger partial charge in [-0.1, -0.05) is 0 Å². The standard InChI is InChI=1S/C16H25NO2/c18-15(17-3-1-2-4-17)19-11-16-8-12-5-13(9-16)7-14(6-12)10-16/h12-14H,1-11H2. The van der Waals surface area contributed by atoms with Crippen molar-refractivity contribution in [2.45, 2.75) is 51.4 Å². The van der Waals surface area contributed by atoms with E-state index in [0.717, 1.165) is 43.7 Å². The number of rotatable bonds is 2. The Morgan fingerprint density at radius 3 is 2.05 bits per heavy atom. The predicted octanol–water partition coefficient (Wildman–Crippen LogP) is 3.44. The summed E-state index contributed by atoms with van der Waals surface area (Å²) in [5.41, 5.74) is 0.365. The molecule has 3 heteroatoms. The van der Waals surface area contributed by atoms with Gasteiger partial charge in [0.15, 0.2) is 0 Å². The highest BCUT2D eigenvalue weighted by atomic mass is 16.6. The summed E-state index contributed by atoms with van der Waals surface area (Å²) in [6.07, 6.45) is 10.6. The maximum Gasteiger partial charge on any atom is 0.409 e. The van der Waals surface area contributed by atoms with Crippen LogP contribution in [-0.4, -0.2) is 30.7 Å². The van der Waals surface area contributed by atoms with Crippen LogP contribution in [0.3, 0.4) is 0 Å². The molecule has 0 N–H and O–H groups in total. The molecule has 1 heterocycles. The third kappa shape index (κ3) is 2.15. The Labute approximate surface area is 115 Å². The Bertz CT molecular complexity index is 338. The van der Waals surface area contributed by atoms with Crippen LogP contribution in [0.4, 0.5) is 4.79 Å². The summed E-state index contributed by atoms with van der Waals surface area (Å²) < 4.78 is 5.70. The highest BCUT2D eigenvalue weighted by Gasteiger charge is 2.51. The average Bonchev–Trinajstić information content (AvgIpc) is 2.88. The molecule has 4 aliphatic carbocycles. The van der Waals surface area contributed by atoms with Gasteiger partial charge in [-0.3, -0.25) is 0 Å². The van der Waals surface area contributed by atoms with Crippen molar-refractivity contribution in [3.8, 4) is 0 Å². The first kappa shape index (κ1) is 12.0. The summed E-state index contributed by atoms with van der Waals surface area (Å²) >= 11 is 0. The maximum absolute atomic E-state index is 12.0. The first-order chi connectivity index (χ1) is 9.22. The Morgan fingerprint density at radius 2 is 1.53 bits per heavy atom. The van der Waals surface area contributed by atoms with Crippen molar-refractivity contribution in [2.24, 2.45) is 23.2 Å². The second-order valence-corrected chi connectivity index (χ2v) is 7.67. The SMILES string of the molecule is O=C(OCC12CC3CC(CC(C3)C1)C2)N1CCCC1. The number of hydrogen-bond donors (Lipinski definition) is 0. The van der Waals surface area contributed by atoms with E-state index in [1.54, 1.807) is 0 Å². The summed E-state index contributed by atoms with van der Waals surface area (Å²) in [5.74, 6) is 2.82. The van der Waals surface area contributed by atoms with E-state index in [1.807, 2.05) is 4.90 Å². The normalized spacial score (nSPS) is 43.8. The van der Waals surface area contributed by atoms with Crippen LogP contribution in [-0.2, 0) is 4.74 Å². The molecule has 1 saturated heterocycles. The molecule has 4 bridgehead atoms. The lowest BCUT2D eigenvalue weighted by molar-refractivity contribution is -0.0846. The van der Waals surface area contributed by atoms with Gasteiger partial charge in [0, 0.05) is 18.5 Å². The molecule has 0 spiro atoms. The highest BCUT2D eigenvalue weighted by Crippen LogP contribution is 2.60. The molecule has 0 unspecified atom stereocenters. The van der Waals surface area contributed by atoms with Crippen LogP contribution < -0.4 is 0 Å². The molecular formula is C16H25NO2. The number of hydrogen-bond acceptors (Lipinski definition) is 2. The van der Waals surface area contributed by atoms with Crippen LogP contribution in [0.5, 0.6) is 0 Å². The lowest BCUT2D eigenvalue weighted by atomic mass is 9.50. The van der Waals surface area contributed by atoms with E-state index < -0.39 is 0 Å². The fourth-order valence-electron chi connectivity index (χ4n) is 5.67. The largest absolute Gasteiger partial charge is 0.449 e. The van der Waals surface area contributed by atoms with Crippen molar-refractivity contribution < 1.29 is 9.53 Å². The molecule has 1 amide bonds. The Balaban J connectivity index is 1.38. The van der Waals surface area contributed by atoms with Crippen LogP contribution in [0.1, 0.15) is 51.4 Å². The van der Waals surface area contributed by atoms with Gasteiger partial charge in [0.05, 0.1) is 6.61 Å². The molecular weight excluding hydrogens is 238 g/mol. The Morgan fingerprint density at radius 1 is 1.00 bits per heavy atom. The molecule has 5 fully saturated rings. The number of nitrogens with zero attached hydrogens (tertiary/aromatic N) is 1. The van der Waals surface area contributed by atoms with Crippen molar-refractivity contribution in [1.29, 1.82) is 0 Å². The van der Waals surface area contributed by atoms with Crippen LogP contribution in [0.25, 0.3) is 0 Å². The number of likely N-dealkylation sites (tertiary alicyclic amines) is 1. The molecule has 4 saturated carbocycles. The number of carbonyl (C=O) groups is 1. The van der Waals surface area contributed by atoms with Crippen LogP contribution in [0, 0.1) is 23.2 Å². The van der Waals surface area contributed by atoms with Gasteiger partial charge in [0.25, 0.3) is 0 Å². The third-order valence-electron chi connectivity index (χ3n) is 6.03. The van der Waals surface area contributed by atoms with Gasteiger partial charge in [-0.2, -0.15) is 0 Å². The summed E-state index contributed by atoms with van der Waals surface area (Å²) in [6, 6.07) is 0. The van der Waals surface area contributed by atoms with E-state index in [9.17, 15) is 4.79 Å². The van der Waals surface area contributed by atoms with Gasteiger partial charge in [-0.15, -0.1) is 0 Å². The van der Waals surface area contributed by atoms with Crippen LogP contribution >= 0.6 is 0 Å². The fraction of sp³-hybridized carbons (Fsp3) is 0.938. The molecule has 106 valence electrons. The average molecular weight is 263 g/mol. The molecule has 5 aliphatic rings. The molecule has 3 nitrogen and oxygen atoms in total. The molecule has 1 aliphatic heterocycles. The minimum absolute atomic E-state index is 0.0479. The first-order valence-electron chi connectivity index (χ1n) is 8.14. The number of carbonyl (C=O) groups excluding carboxylic acids is 1. The minimum atomic E-state index is -0.0479. The van der Waals surface area contributed by atoms with E-state index >= 15 is 0 Å². The fourth-order valence-corrected chi connectivity index (χ4v) is 5.67. The predicted molar refractivity (Wildman–Crippen MR) is 72.8 cm³/mol. The van der Waals surface area contributed by atoms with Crippen molar-refractivity contribution in [3.05, 3.63) is 0 Å². The minimum Gasteiger partial charge on any atom is -0.449 e. The van der Waals surface area contributed by atoms with Gasteiger partial charge < -0.3 is 9.64 Å². The van der Waals surface area contributed by atoms with Crippen LogP contribution in [0.2, 0.25) is 0 Å². The van der Waals surface area contributed by atoms with Crippen molar-refractivity contribution in [1.82, 2.24) is 4.90 Å². The zero-order chi connectivity index (χ0) is 12.9. The van der Waals surface area contributed by atoms with Gasteiger partial charge in [0.1, 0.15) is 0 Å². The molecule has 0 atom stereocenters. The topological polar surface area (TPSA) is 29.5 Å². The van der Waals surface area contributed by atoms with Gasteiger partial charge in [-0.05, 0) is 69.1 Å². The quantitative estimate of drug-likeness (QED) is 0.764.